The Morgan fingerprint density at radius 3 is 1.67 bits per heavy atom. The van der Waals surface area contributed by atoms with E-state index in [1.165, 1.54) is 21.0 Å². The molecule has 412 valence electrons. The molecular formula is C52H67NO22. The number of carbonyl (C=O) groups is 3. The maximum atomic E-state index is 12.5. The first-order chi connectivity index (χ1) is 36.2. The van der Waals surface area contributed by atoms with Gasteiger partial charge in [-0.3, -0.25) is 0 Å². The number of rotatable bonds is 23. The van der Waals surface area contributed by atoms with E-state index in [4.69, 9.17) is 66.3 Å². The first kappa shape index (κ1) is 56.4. The Kier molecular flexibility index (Phi) is 19.6. The molecule has 3 aromatic rings. The molecule has 75 heavy (non-hydrogen) atoms. The van der Waals surface area contributed by atoms with Crippen molar-refractivity contribution in [1.29, 1.82) is 0 Å². The highest BCUT2D eigenvalue weighted by atomic mass is 16.8. The Labute approximate surface area is 433 Å². The van der Waals surface area contributed by atoms with Crippen LogP contribution < -0.4 is 5.32 Å². The van der Waals surface area contributed by atoms with Crippen molar-refractivity contribution in [2.75, 3.05) is 40.1 Å². The zero-order chi connectivity index (χ0) is 53.1. The maximum Gasteiger partial charge on any atom is 0.407 e. The molecule has 0 unspecified atom stereocenters. The molecule has 5 heterocycles. The van der Waals surface area contributed by atoms with Crippen molar-refractivity contribution in [2.24, 2.45) is 0 Å². The summed E-state index contributed by atoms with van der Waals surface area (Å²) in [6.45, 7) is 2.31. The monoisotopic (exact) mass is 1060 g/mol. The average molecular weight is 1060 g/mol. The summed E-state index contributed by atoms with van der Waals surface area (Å²) in [7, 11) is 1.27. The molecule has 6 N–H and O–H groups in total. The molecule has 5 fully saturated rings. The van der Waals surface area contributed by atoms with Gasteiger partial charge in [-0.1, -0.05) is 91.0 Å². The van der Waals surface area contributed by atoms with Crippen LogP contribution in [0.25, 0.3) is 0 Å². The molecule has 0 aliphatic carbocycles. The van der Waals surface area contributed by atoms with E-state index in [2.05, 4.69) is 5.32 Å². The molecule has 0 aromatic heterocycles. The summed E-state index contributed by atoms with van der Waals surface area (Å²) in [5.74, 6) is -7.23. The molecule has 8 rings (SSSR count). The number of carboxylic acids is 2. The number of aliphatic hydroxyl groups is 3. The minimum absolute atomic E-state index is 0.00767. The minimum Gasteiger partial charge on any atom is -0.477 e. The number of amides is 1. The summed E-state index contributed by atoms with van der Waals surface area (Å²) in [6.07, 6.45) is -19.6. The largest absolute Gasteiger partial charge is 0.477 e. The van der Waals surface area contributed by atoms with E-state index >= 15 is 0 Å². The number of unbranched alkanes of at least 4 members (excludes halogenated alkanes) is 2. The van der Waals surface area contributed by atoms with Gasteiger partial charge in [-0.2, -0.15) is 0 Å². The summed E-state index contributed by atoms with van der Waals surface area (Å²) >= 11 is 0. The zero-order valence-electron chi connectivity index (χ0n) is 41.8. The molecule has 23 nitrogen and oxygen atoms in total. The van der Waals surface area contributed by atoms with Crippen LogP contribution >= 0.6 is 0 Å². The molecule has 5 aliphatic heterocycles. The number of hydrogen-bond donors (Lipinski definition) is 6. The van der Waals surface area contributed by atoms with Crippen molar-refractivity contribution < 1.29 is 106 Å². The molecule has 5 aliphatic rings. The molecule has 23 heteroatoms. The fourth-order valence-electron chi connectivity index (χ4n) is 9.32. The minimum atomic E-state index is -2.24. The third kappa shape index (κ3) is 14.1. The van der Waals surface area contributed by atoms with E-state index in [0.29, 0.717) is 25.8 Å². The molecule has 0 bridgehead atoms. The van der Waals surface area contributed by atoms with Gasteiger partial charge in [-0.05, 0) is 36.0 Å². The third-order valence-electron chi connectivity index (χ3n) is 13.5. The van der Waals surface area contributed by atoms with E-state index < -0.39 is 128 Å². The lowest BCUT2D eigenvalue weighted by molar-refractivity contribution is -0.424. The van der Waals surface area contributed by atoms with Gasteiger partial charge in [-0.25, -0.2) is 14.4 Å². The van der Waals surface area contributed by atoms with Crippen molar-refractivity contribution in [3.63, 3.8) is 0 Å². The Balaban J connectivity index is 0.999. The first-order valence-electron chi connectivity index (χ1n) is 24.9. The number of carboxylic acid groups (broad SMARTS) is 2. The summed E-state index contributed by atoms with van der Waals surface area (Å²) in [5.41, 5.74) is 2.48. The van der Waals surface area contributed by atoms with Crippen LogP contribution in [0, 0.1) is 0 Å². The topological polar surface area (TPSA) is 294 Å². The first-order valence-corrected chi connectivity index (χ1v) is 24.9. The van der Waals surface area contributed by atoms with Crippen LogP contribution in [0.4, 0.5) is 4.79 Å². The lowest BCUT2D eigenvalue weighted by atomic mass is 9.94. The van der Waals surface area contributed by atoms with E-state index in [9.17, 15) is 39.9 Å². The van der Waals surface area contributed by atoms with Crippen LogP contribution in [0.15, 0.2) is 91.0 Å². The third-order valence-corrected chi connectivity index (χ3v) is 13.5. The summed E-state index contributed by atoms with van der Waals surface area (Å²) in [4.78, 5) is 36.8. The summed E-state index contributed by atoms with van der Waals surface area (Å²) < 4.78 is 84.7. The number of fused-ring (bicyclic) bond motifs is 2. The van der Waals surface area contributed by atoms with Crippen LogP contribution in [0.2, 0.25) is 0 Å². The lowest BCUT2D eigenvalue weighted by Crippen LogP contribution is -2.71. The van der Waals surface area contributed by atoms with Crippen LogP contribution in [0.1, 0.15) is 49.8 Å². The van der Waals surface area contributed by atoms with Crippen molar-refractivity contribution in [3.8, 4) is 0 Å². The van der Waals surface area contributed by atoms with Gasteiger partial charge >= 0.3 is 18.0 Å². The molecule has 0 spiro atoms. The highest BCUT2D eigenvalue weighted by molar-refractivity contribution is 5.75. The number of carbonyl (C=O) groups excluding carboxylic acids is 1. The molecule has 1 amide bonds. The SMILES string of the molecule is CO[C@@H]1[C@@H](O)[C@H](O[C@@H]2[C@@H](O)[C@H](O[C@H]3[C@H](OCc4ccccc4)[C@@H](O)[C@H](OCCCCCNC(=O)OCc4ccccc4)O[C@@H]3COCc3ccccc3)O[C@@H]3CO[C@](C)(C(=O)O)O[C@@H]23)O[C@@H]2CO[C@](C)(C(=O)O)O[C@@H]12. The average Bonchev–Trinajstić information content (AvgIpc) is 3.41. The number of aliphatic carboxylic acids is 2. The van der Waals surface area contributed by atoms with Crippen molar-refractivity contribution in [3.05, 3.63) is 108 Å². The Morgan fingerprint density at radius 1 is 0.600 bits per heavy atom. The van der Waals surface area contributed by atoms with Gasteiger partial charge in [-0.15, -0.1) is 0 Å². The quantitative estimate of drug-likeness (QED) is 0.0743. The van der Waals surface area contributed by atoms with Gasteiger partial charge in [0.15, 0.2) is 18.9 Å². The van der Waals surface area contributed by atoms with E-state index in [1.54, 1.807) is 0 Å². The Morgan fingerprint density at radius 2 is 1.11 bits per heavy atom. The molecule has 3 aromatic carbocycles. The molecular weight excluding hydrogens is 991 g/mol. The van der Waals surface area contributed by atoms with Crippen molar-refractivity contribution in [2.45, 2.75) is 157 Å². The Bertz CT molecular complexity index is 2270. The van der Waals surface area contributed by atoms with Gasteiger partial charge in [0.1, 0.15) is 79.9 Å². The van der Waals surface area contributed by atoms with Crippen LogP contribution in [0.3, 0.4) is 0 Å². The maximum absolute atomic E-state index is 12.5. The van der Waals surface area contributed by atoms with E-state index in [1.807, 2.05) is 91.0 Å². The van der Waals surface area contributed by atoms with Crippen LogP contribution in [0.5, 0.6) is 0 Å². The molecule has 0 saturated carbocycles. The predicted octanol–water partition coefficient (Wildman–Crippen LogP) is 2.38. The highest BCUT2D eigenvalue weighted by Gasteiger charge is 2.60. The second-order valence-corrected chi connectivity index (χ2v) is 19.0. The number of alkyl carbamates (subject to hydrolysis) is 1. The number of hydrogen-bond acceptors (Lipinski definition) is 20. The van der Waals surface area contributed by atoms with E-state index in [-0.39, 0.29) is 39.6 Å². The van der Waals surface area contributed by atoms with Gasteiger partial charge < -0.3 is 97.2 Å². The second kappa shape index (κ2) is 26.0. The number of benzene rings is 3. The number of nitrogens with one attached hydrogen (secondary N) is 1. The van der Waals surface area contributed by atoms with Crippen molar-refractivity contribution in [1.82, 2.24) is 5.32 Å². The van der Waals surface area contributed by atoms with Gasteiger partial charge in [0.05, 0.1) is 33.0 Å². The fraction of sp³-hybridized carbons (Fsp3) is 0.596. The molecule has 17 atom stereocenters. The fourth-order valence-corrected chi connectivity index (χ4v) is 9.32. The van der Waals surface area contributed by atoms with Crippen LogP contribution in [-0.2, 0) is 95.7 Å². The van der Waals surface area contributed by atoms with Crippen molar-refractivity contribution >= 4 is 18.0 Å². The smallest absolute Gasteiger partial charge is 0.407 e. The normalized spacial score (nSPS) is 35.6. The highest BCUT2D eigenvalue weighted by Crippen LogP contribution is 2.40. The van der Waals surface area contributed by atoms with Gasteiger partial charge in [0, 0.05) is 34.1 Å². The van der Waals surface area contributed by atoms with E-state index in [0.717, 1.165) is 16.7 Å². The zero-order valence-corrected chi connectivity index (χ0v) is 41.8. The predicted molar refractivity (Wildman–Crippen MR) is 254 cm³/mol. The molecule has 5 saturated heterocycles. The second-order valence-electron chi connectivity index (χ2n) is 19.0. The number of methoxy groups -OCH3 is 1. The Hall–Kier alpha value is -4.77. The van der Waals surface area contributed by atoms with Gasteiger partial charge in [0.25, 0.3) is 11.6 Å². The summed E-state index contributed by atoms with van der Waals surface area (Å²) in [6, 6.07) is 27.9. The molecule has 0 radical (unpaired) electrons. The lowest BCUT2D eigenvalue weighted by Gasteiger charge is -2.53. The number of ether oxygens (including phenoxy) is 14. The summed E-state index contributed by atoms with van der Waals surface area (Å²) in [5, 5.41) is 58.9. The van der Waals surface area contributed by atoms with Gasteiger partial charge in [0.2, 0.25) is 0 Å². The number of aliphatic hydroxyl groups excluding tert-OH is 3. The standard InChI is InChI=1S/C52H67NO22/c1-51(48(57)58)67-28-34-40(74-51)42(62-3)36(54)46(70-34)73-44-38(56)47(71-35-29-68-52(2,49(59)60)75-41(35)44)72-39-33(27-63-24-30-16-8-4-9-17-30)69-45(37(55)43(39)65-25-31-18-10-5-11-19-31)64-23-15-7-14-22-53-50(61)66-26-32-20-12-6-13-21-32/h4-6,8-13,16-21,33-47,54-56H,7,14-15,22-29H2,1-3H3,(H,53,61)(H,57,58)(H,59,60)/t33-,34-,35-,36-,37-,38-,39-,40-,41-,42-,43-,44-,45-,46+,47+,51+,52+/m1/s1. The van der Waals surface area contributed by atoms with Crippen LogP contribution in [-0.4, -0.2) is 187 Å².